The average molecular weight is 318 g/mol. The largest absolute Gasteiger partial charge is 0.393 e. The lowest BCUT2D eigenvalue weighted by Gasteiger charge is -2.37. The summed E-state index contributed by atoms with van der Waals surface area (Å²) < 4.78 is 0. The number of H-pyrrole nitrogens is 1. The van der Waals surface area contributed by atoms with Crippen molar-refractivity contribution in [3.05, 3.63) is 56.1 Å². The molecule has 2 aromatic heterocycles. The number of aromatic nitrogens is 1. The maximum atomic E-state index is 12.5. The first kappa shape index (κ1) is 15.0. The van der Waals surface area contributed by atoms with Crippen LogP contribution in [0.15, 0.2) is 34.4 Å². The molecule has 1 fully saturated rings. The van der Waals surface area contributed by atoms with Gasteiger partial charge in [-0.2, -0.15) is 0 Å². The van der Waals surface area contributed by atoms with Crippen LogP contribution in [0.1, 0.15) is 39.8 Å². The number of nitrogens with one attached hydrogen (secondary N) is 2. The Bertz CT molecular complexity index is 717. The van der Waals surface area contributed by atoms with Crippen molar-refractivity contribution in [2.24, 2.45) is 5.92 Å². The molecule has 2 heterocycles. The summed E-state index contributed by atoms with van der Waals surface area (Å²) in [6, 6.07) is 6.80. The van der Waals surface area contributed by atoms with Crippen molar-refractivity contribution < 1.29 is 9.90 Å². The number of rotatable bonds is 4. The molecule has 1 saturated carbocycles. The summed E-state index contributed by atoms with van der Waals surface area (Å²) in [6.45, 7) is 1.75. The zero-order chi connectivity index (χ0) is 15.7. The number of thiophene rings is 1. The maximum absolute atomic E-state index is 12.5. The van der Waals surface area contributed by atoms with Crippen LogP contribution in [0.2, 0.25) is 0 Å². The van der Waals surface area contributed by atoms with Gasteiger partial charge >= 0.3 is 0 Å². The molecule has 116 valence electrons. The summed E-state index contributed by atoms with van der Waals surface area (Å²) in [7, 11) is 0. The summed E-state index contributed by atoms with van der Waals surface area (Å²) in [5.74, 6) is -0.0188. The third-order valence-corrected chi connectivity index (χ3v) is 4.95. The van der Waals surface area contributed by atoms with Gasteiger partial charge in [-0.05, 0) is 43.2 Å². The molecule has 1 aliphatic carbocycles. The van der Waals surface area contributed by atoms with E-state index in [4.69, 9.17) is 0 Å². The van der Waals surface area contributed by atoms with Gasteiger partial charge in [-0.25, -0.2) is 0 Å². The van der Waals surface area contributed by atoms with Gasteiger partial charge in [0.1, 0.15) is 0 Å². The van der Waals surface area contributed by atoms with E-state index in [1.165, 1.54) is 6.07 Å². The van der Waals surface area contributed by atoms with Gasteiger partial charge in [0.2, 0.25) is 5.56 Å². The number of aromatic amines is 1. The molecule has 2 aromatic rings. The van der Waals surface area contributed by atoms with Gasteiger partial charge in [-0.1, -0.05) is 6.07 Å². The second-order valence-electron chi connectivity index (χ2n) is 5.77. The fourth-order valence-corrected chi connectivity index (χ4v) is 3.70. The topological polar surface area (TPSA) is 82.2 Å². The molecule has 1 atom stereocenters. The van der Waals surface area contributed by atoms with Crippen molar-refractivity contribution >= 4 is 17.2 Å². The number of aryl methyl sites for hydroxylation is 1. The predicted octanol–water partition coefficient (Wildman–Crippen LogP) is 1.99. The van der Waals surface area contributed by atoms with E-state index >= 15 is 0 Å². The van der Waals surface area contributed by atoms with E-state index in [1.807, 2.05) is 17.5 Å². The number of amides is 1. The van der Waals surface area contributed by atoms with Crippen LogP contribution in [-0.4, -0.2) is 22.1 Å². The van der Waals surface area contributed by atoms with Gasteiger partial charge in [-0.15, -0.1) is 11.3 Å². The highest BCUT2D eigenvalue weighted by Gasteiger charge is 2.36. The Morgan fingerprint density at radius 2 is 2.23 bits per heavy atom. The molecule has 0 aliphatic heterocycles. The number of carbonyl (C=O) groups is 1. The highest BCUT2D eigenvalue weighted by atomic mass is 32.1. The lowest BCUT2D eigenvalue weighted by Crippen LogP contribution is -2.41. The molecular formula is C16H18N2O3S. The van der Waals surface area contributed by atoms with Crippen LogP contribution in [0, 0.1) is 12.8 Å². The van der Waals surface area contributed by atoms with E-state index in [1.54, 1.807) is 24.3 Å². The van der Waals surface area contributed by atoms with Gasteiger partial charge in [0.05, 0.1) is 12.1 Å². The van der Waals surface area contributed by atoms with Gasteiger partial charge in [-0.3, -0.25) is 9.59 Å². The quantitative estimate of drug-likeness (QED) is 0.806. The Hall–Kier alpha value is -1.92. The normalized spacial score (nSPS) is 21.9. The lowest BCUT2D eigenvalue weighted by molar-refractivity contribution is 0.0241. The van der Waals surface area contributed by atoms with Gasteiger partial charge < -0.3 is 15.4 Å². The minimum atomic E-state index is -0.281. The van der Waals surface area contributed by atoms with E-state index in [-0.39, 0.29) is 29.5 Å². The number of carbonyl (C=O) groups excluding carboxylic acids is 1. The highest BCUT2D eigenvalue weighted by Crippen LogP contribution is 2.39. The molecule has 1 aliphatic rings. The molecule has 5 nitrogen and oxygen atoms in total. The van der Waals surface area contributed by atoms with Crippen molar-refractivity contribution in [1.82, 2.24) is 10.3 Å². The molecule has 6 heteroatoms. The molecule has 0 spiro atoms. The first-order valence-electron chi connectivity index (χ1n) is 7.26. The standard InChI is InChI=1S/C16H18N2O3S/c1-9-5-11(8-14(20)17-9)16(21)18-15(10-6-12(19)7-10)13-3-2-4-22-13/h2-5,8,10,12,15,19H,6-7H2,1H3,(H,17,20)(H,18,21)/t10?,12?,15-/m0/s1. The molecule has 0 radical (unpaired) electrons. The van der Waals surface area contributed by atoms with Crippen LogP contribution in [0.5, 0.6) is 0 Å². The zero-order valence-corrected chi connectivity index (χ0v) is 13.0. The summed E-state index contributed by atoms with van der Waals surface area (Å²) in [5, 5.41) is 14.5. The number of hydrogen-bond acceptors (Lipinski definition) is 4. The molecule has 0 saturated heterocycles. The first-order chi connectivity index (χ1) is 10.5. The van der Waals surface area contributed by atoms with Crippen molar-refractivity contribution in [3.8, 4) is 0 Å². The van der Waals surface area contributed by atoms with Crippen LogP contribution in [-0.2, 0) is 0 Å². The third-order valence-electron chi connectivity index (χ3n) is 4.00. The minimum Gasteiger partial charge on any atom is -0.393 e. The van der Waals surface area contributed by atoms with Crippen molar-refractivity contribution in [2.45, 2.75) is 31.9 Å². The summed E-state index contributed by atoms with van der Waals surface area (Å²) in [4.78, 5) is 27.7. The van der Waals surface area contributed by atoms with E-state index in [0.29, 0.717) is 24.1 Å². The fourth-order valence-electron chi connectivity index (χ4n) is 2.83. The Morgan fingerprint density at radius 3 is 2.82 bits per heavy atom. The molecule has 0 bridgehead atoms. The lowest BCUT2D eigenvalue weighted by atomic mass is 9.76. The minimum absolute atomic E-state index is 0.115. The predicted molar refractivity (Wildman–Crippen MR) is 85.1 cm³/mol. The van der Waals surface area contributed by atoms with E-state index in [9.17, 15) is 14.7 Å². The molecule has 22 heavy (non-hydrogen) atoms. The average Bonchev–Trinajstić information content (AvgIpc) is 2.94. The van der Waals surface area contributed by atoms with E-state index in [0.717, 1.165) is 4.88 Å². The SMILES string of the molecule is Cc1cc(C(=O)N[C@H](c2cccs2)C2CC(O)C2)cc(=O)[nH]1. The molecular weight excluding hydrogens is 300 g/mol. The Kier molecular flexibility index (Phi) is 4.13. The molecule has 3 rings (SSSR count). The van der Waals surface area contributed by atoms with Crippen LogP contribution in [0.25, 0.3) is 0 Å². The molecule has 0 aromatic carbocycles. The third kappa shape index (κ3) is 3.13. The van der Waals surface area contributed by atoms with E-state index in [2.05, 4.69) is 10.3 Å². The van der Waals surface area contributed by atoms with E-state index < -0.39 is 0 Å². The molecule has 3 N–H and O–H groups in total. The molecule has 1 amide bonds. The van der Waals surface area contributed by atoms with Gasteiger partial charge in [0.25, 0.3) is 5.91 Å². The Morgan fingerprint density at radius 1 is 1.45 bits per heavy atom. The van der Waals surface area contributed by atoms with Crippen LogP contribution >= 0.6 is 11.3 Å². The Labute approximate surface area is 132 Å². The van der Waals surface area contributed by atoms with Crippen LogP contribution in [0.4, 0.5) is 0 Å². The number of pyridine rings is 1. The second kappa shape index (κ2) is 6.06. The second-order valence-corrected chi connectivity index (χ2v) is 6.75. The fraction of sp³-hybridized carbons (Fsp3) is 0.375. The summed E-state index contributed by atoms with van der Waals surface area (Å²) in [5.41, 5.74) is 0.740. The van der Waals surface area contributed by atoms with Crippen molar-refractivity contribution in [1.29, 1.82) is 0 Å². The summed E-state index contributed by atoms with van der Waals surface area (Å²) in [6.07, 6.45) is 1.11. The molecule has 0 unspecified atom stereocenters. The maximum Gasteiger partial charge on any atom is 0.252 e. The summed E-state index contributed by atoms with van der Waals surface area (Å²) >= 11 is 1.59. The number of aliphatic hydroxyl groups excluding tert-OH is 1. The highest BCUT2D eigenvalue weighted by molar-refractivity contribution is 7.10. The smallest absolute Gasteiger partial charge is 0.252 e. The van der Waals surface area contributed by atoms with Gasteiger partial charge in [0, 0.05) is 22.2 Å². The first-order valence-corrected chi connectivity index (χ1v) is 8.14. The van der Waals surface area contributed by atoms with Gasteiger partial charge in [0.15, 0.2) is 0 Å². The number of aliphatic hydroxyl groups is 1. The Balaban J connectivity index is 1.81. The van der Waals surface area contributed by atoms with Crippen LogP contribution < -0.4 is 10.9 Å². The van der Waals surface area contributed by atoms with Crippen LogP contribution in [0.3, 0.4) is 0 Å². The monoisotopic (exact) mass is 318 g/mol. The van der Waals surface area contributed by atoms with Crippen molar-refractivity contribution in [2.75, 3.05) is 0 Å². The zero-order valence-electron chi connectivity index (χ0n) is 12.2. The number of hydrogen-bond donors (Lipinski definition) is 3. The van der Waals surface area contributed by atoms with Crippen molar-refractivity contribution in [3.63, 3.8) is 0 Å².